The number of aromatic nitrogens is 4. The van der Waals surface area contributed by atoms with E-state index in [4.69, 9.17) is 10.5 Å². The van der Waals surface area contributed by atoms with Crippen molar-refractivity contribution in [2.45, 2.75) is 29.2 Å². The average Bonchev–Trinajstić information content (AvgIpc) is 3.30. The van der Waals surface area contributed by atoms with Crippen LogP contribution < -0.4 is 11.1 Å². The van der Waals surface area contributed by atoms with Gasteiger partial charge in [-0.15, -0.1) is 16.9 Å². The number of carbonyl (C=O) groups excluding carboxylic acids is 4. The van der Waals surface area contributed by atoms with Gasteiger partial charge in [-0.2, -0.15) is 0 Å². The summed E-state index contributed by atoms with van der Waals surface area (Å²) < 4.78 is 6.12. The van der Waals surface area contributed by atoms with Crippen molar-refractivity contribution in [3.63, 3.8) is 0 Å². The molecule has 1 fully saturated rings. The maximum atomic E-state index is 12.9. The Bertz CT molecular complexity index is 1240. The van der Waals surface area contributed by atoms with Gasteiger partial charge < -0.3 is 20.9 Å². The second-order valence-electron chi connectivity index (χ2n) is 7.55. The Morgan fingerprint density at radius 3 is 2.75 bits per heavy atom. The van der Waals surface area contributed by atoms with Gasteiger partial charge in [-0.05, 0) is 16.0 Å². The molecule has 2 aromatic rings. The van der Waals surface area contributed by atoms with Crippen molar-refractivity contribution in [3.8, 4) is 0 Å². The molecule has 4 N–H and O–H groups in total. The van der Waals surface area contributed by atoms with Crippen LogP contribution in [0.3, 0.4) is 0 Å². The molecule has 0 spiro atoms. The molecule has 14 nitrogen and oxygen atoms in total. The number of hydrogen-bond donors (Lipinski definition) is 3. The monoisotopic (exact) mass is 533 g/mol. The Morgan fingerprint density at radius 1 is 1.33 bits per heavy atom. The van der Waals surface area contributed by atoms with Crippen LogP contribution in [-0.2, 0) is 35.3 Å². The second kappa shape index (κ2) is 10.8. The maximum Gasteiger partial charge on any atom is 0.352 e. The van der Waals surface area contributed by atoms with Crippen LogP contribution in [0.1, 0.15) is 11.7 Å². The normalized spacial score (nSPS) is 19.7. The van der Waals surface area contributed by atoms with Crippen LogP contribution in [0, 0.1) is 0 Å². The van der Waals surface area contributed by atoms with Crippen LogP contribution in [0.5, 0.6) is 0 Å². The lowest BCUT2D eigenvalue weighted by Crippen LogP contribution is -2.71. The molecule has 0 bridgehead atoms. The predicted molar refractivity (Wildman–Crippen MR) is 124 cm³/mol. The largest absolute Gasteiger partial charge is 0.477 e. The van der Waals surface area contributed by atoms with E-state index in [1.165, 1.54) is 16.4 Å². The average molecular weight is 534 g/mol. The van der Waals surface area contributed by atoms with E-state index < -0.39 is 41.2 Å². The van der Waals surface area contributed by atoms with Crippen molar-refractivity contribution in [2.24, 2.45) is 5.73 Å². The number of amides is 3. The van der Waals surface area contributed by atoms with Gasteiger partial charge in [-0.1, -0.05) is 42.1 Å². The number of nitrogens with zero attached hydrogens (tertiary/aromatic N) is 5. The lowest BCUT2D eigenvalue weighted by molar-refractivity contribution is -0.154. The molecular weight excluding hydrogens is 514 g/mol. The van der Waals surface area contributed by atoms with E-state index in [-0.39, 0.29) is 35.4 Å². The summed E-state index contributed by atoms with van der Waals surface area (Å²) in [5.41, 5.74) is 5.86. The highest BCUT2D eigenvalue weighted by molar-refractivity contribution is 8.01. The number of carboxylic acid groups (broad SMARTS) is 1. The number of primary amides is 1. The maximum absolute atomic E-state index is 12.9. The van der Waals surface area contributed by atoms with Crippen LogP contribution in [0.15, 0.2) is 46.8 Å². The number of ether oxygens (including phenoxy) is 1. The van der Waals surface area contributed by atoms with Crippen molar-refractivity contribution in [3.05, 3.63) is 47.2 Å². The molecule has 0 saturated carbocycles. The van der Waals surface area contributed by atoms with Crippen molar-refractivity contribution in [1.29, 1.82) is 0 Å². The number of carbonyl (C=O) groups is 5. The fourth-order valence-electron chi connectivity index (χ4n) is 3.70. The zero-order valence-electron chi connectivity index (χ0n) is 18.3. The molecule has 2 aliphatic heterocycles. The van der Waals surface area contributed by atoms with Gasteiger partial charge >= 0.3 is 5.97 Å². The molecule has 1 aromatic carbocycles. The first kappa shape index (κ1) is 25.2. The Labute approximate surface area is 211 Å². The summed E-state index contributed by atoms with van der Waals surface area (Å²) in [6, 6.07) is 7.30. The number of nitrogens with one attached hydrogen (secondary N) is 1. The lowest BCUT2D eigenvalue weighted by Gasteiger charge is -2.49. The van der Waals surface area contributed by atoms with Gasteiger partial charge in [0.1, 0.15) is 23.7 Å². The van der Waals surface area contributed by atoms with Crippen LogP contribution in [0.2, 0.25) is 0 Å². The molecule has 16 heteroatoms. The molecule has 3 amide bonds. The fraction of sp³-hybridized carbons (Fsp3) is 0.300. The number of nitrogens with two attached hydrogens (primary N) is 1. The minimum absolute atomic E-state index is 0.143. The molecule has 3 atom stereocenters. The number of tetrazole rings is 1. The minimum atomic E-state index is -1.29. The first-order chi connectivity index (χ1) is 17.3. The molecule has 0 radical (unpaired) electrons. The molecule has 36 heavy (non-hydrogen) atoms. The highest BCUT2D eigenvalue weighted by atomic mass is 32.2. The number of aliphatic carboxylic acids is 1. The molecule has 1 aromatic heterocycles. The number of benzene rings is 1. The van der Waals surface area contributed by atoms with E-state index >= 15 is 0 Å². The van der Waals surface area contributed by atoms with Crippen molar-refractivity contribution < 1.29 is 33.8 Å². The zero-order chi connectivity index (χ0) is 25.8. The number of β-lactam (4-membered cyclic amide) rings is 1. The van der Waals surface area contributed by atoms with Crippen LogP contribution in [0.4, 0.5) is 0 Å². The molecular formula is C20H19N7O7S2. The van der Waals surface area contributed by atoms with E-state index in [9.17, 15) is 29.1 Å². The van der Waals surface area contributed by atoms with Gasteiger partial charge in [0.05, 0.1) is 0 Å². The summed E-state index contributed by atoms with van der Waals surface area (Å²) >= 11 is 2.38. The van der Waals surface area contributed by atoms with Gasteiger partial charge in [0.25, 0.3) is 18.3 Å². The van der Waals surface area contributed by atoms with E-state index in [0.29, 0.717) is 11.1 Å². The van der Waals surface area contributed by atoms with Gasteiger partial charge in [0.2, 0.25) is 17.2 Å². The standard InChI is InChI=1S/C20H19N7O7S2/c21-12(29)6-26-20(23-24-25-26)36-8-11-7-35-18-13(17(31)27(18)14(11)19(32)33)22-16(30)15(34-9-28)10-4-2-1-3-5-10/h1-5,9,13,15,18H,6-8H2,(H2,21,29)(H,22,30)(H,32,33)/t13?,15?,18-/m0/s1. The van der Waals surface area contributed by atoms with Gasteiger partial charge in [0.15, 0.2) is 0 Å². The van der Waals surface area contributed by atoms with E-state index in [1.807, 2.05) is 0 Å². The van der Waals surface area contributed by atoms with Gasteiger partial charge in [-0.3, -0.25) is 24.1 Å². The van der Waals surface area contributed by atoms with E-state index in [2.05, 4.69) is 20.8 Å². The van der Waals surface area contributed by atoms with Crippen molar-refractivity contribution in [1.82, 2.24) is 30.4 Å². The third-order valence-electron chi connectivity index (χ3n) is 5.26. The number of thioether (sulfide) groups is 2. The highest BCUT2D eigenvalue weighted by Gasteiger charge is 2.54. The molecule has 1 saturated heterocycles. The summed E-state index contributed by atoms with van der Waals surface area (Å²) in [6.45, 7) is -0.0860. The van der Waals surface area contributed by atoms with Gasteiger partial charge in [0, 0.05) is 17.1 Å². The Morgan fingerprint density at radius 2 is 2.08 bits per heavy atom. The molecule has 2 aliphatic rings. The predicted octanol–water partition coefficient (Wildman–Crippen LogP) is -1.10. The van der Waals surface area contributed by atoms with Crippen molar-refractivity contribution in [2.75, 3.05) is 11.5 Å². The van der Waals surface area contributed by atoms with Crippen LogP contribution >= 0.6 is 23.5 Å². The van der Waals surface area contributed by atoms with Crippen LogP contribution in [0.25, 0.3) is 0 Å². The van der Waals surface area contributed by atoms with E-state index in [1.54, 1.807) is 30.3 Å². The lowest BCUT2D eigenvalue weighted by atomic mass is 10.0. The molecule has 3 heterocycles. The van der Waals surface area contributed by atoms with Crippen molar-refractivity contribution >= 4 is 53.7 Å². The zero-order valence-corrected chi connectivity index (χ0v) is 20.0. The summed E-state index contributed by atoms with van der Waals surface area (Å²) in [7, 11) is 0. The molecule has 2 unspecified atom stereocenters. The first-order valence-electron chi connectivity index (χ1n) is 10.3. The number of hydrogen-bond acceptors (Lipinski definition) is 11. The van der Waals surface area contributed by atoms with Crippen LogP contribution in [-0.4, -0.2) is 83.3 Å². The minimum Gasteiger partial charge on any atom is -0.477 e. The SMILES string of the molecule is NC(=O)Cn1nnnc1SCC1=C(C(=O)O)N2C(=O)C(NC(=O)C(OC=O)c3ccccc3)[C@@H]2SC1. The third kappa shape index (κ3) is 5.03. The first-order valence-corrected chi connectivity index (χ1v) is 12.4. The molecule has 0 aliphatic carbocycles. The number of rotatable bonds is 11. The van der Waals surface area contributed by atoms with E-state index in [0.717, 1.165) is 16.7 Å². The Hall–Kier alpha value is -3.92. The van der Waals surface area contributed by atoms with Gasteiger partial charge in [-0.25, -0.2) is 9.48 Å². The summed E-state index contributed by atoms with van der Waals surface area (Å²) in [4.78, 5) is 61.0. The smallest absolute Gasteiger partial charge is 0.352 e. The molecule has 188 valence electrons. The fourth-order valence-corrected chi connectivity index (χ4v) is 6.06. The number of carboxylic acids is 1. The Balaban J connectivity index is 1.47. The quantitative estimate of drug-likeness (QED) is 0.179. The highest BCUT2D eigenvalue weighted by Crippen LogP contribution is 2.41. The summed E-state index contributed by atoms with van der Waals surface area (Å²) in [6.07, 6.45) is -1.26. The second-order valence-corrected chi connectivity index (χ2v) is 9.60. The number of fused-ring (bicyclic) bond motifs is 1. The summed E-state index contributed by atoms with van der Waals surface area (Å²) in [5, 5.41) is 23.0. The topological polar surface area (TPSA) is 200 Å². The Kier molecular flexibility index (Phi) is 7.54. The summed E-state index contributed by atoms with van der Waals surface area (Å²) in [5.74, 6) is -2.83. The third-order valence-corrected chi connectivity index (χ3v) is 7.64. The molecule has 4 rings (SSSR count).